The van der Waals surface area contributed by atoms with Crippen molar-refractivity contribution in [3.8, 4) is 0 Å². The first kappa shape index (κ1) is 25.4. The highest BCUT2D eigenvalue weighted by Crippen LogP contribution is 2.28. The van der Waals surface area contributed by atoms with Gasteiger partial charge in [0, 0.05) is 63.4 Å². The third kappa shape index (κ3) is 7.99. The number of carbonyl (C=O) groups is 3. The number of aromatic nitrogens is 1. The van der Waals surface area contributed by atoms with E-state index in [9.17, 15) is 4.79 Å². The fourth-order valence-electron chi connectivity index (χ4n) is 4.70. The van der Waals surface area contributed by atoms with Gasteiger partial charge in [0.25, 0.3) is 12.9 Å². The molecule has 1 aromatic rings. The van der Waals surface area contributed by atoms with Gasteiger partial charge in [-0.1, -0.05) is 12.8 Å². The second-order valence-corrected chi connectivity index (χ2v) is 8.16. The molecule has 0 spiro atoms. The van der Waals surface area contributed by atoms with Gasteiger partial charge >= 0.3 is 6.03 Å². The number of piperazine rings is 1. The van der Waals surface area contributed by atoms with Gasteiger partial charge in [-0.25, -0.2) is 4.79 Å². The predicted octanol–water partition coefficient (Wildman–Crippen LogP) is 1.58. The number of rotatable bonds is 4. The van der Waals surface area contributed by atoms with Crippen LogP contribution in [0.25, 0.3) is 0 Å². The van der Waals surface area contributed by atoms with E-state index >= 15 is 0 Å². The van der Waals surface area contributed by atoms with Crippen molar-refractivity contribution in [2.75, 3.05) is 50.7 Å². The summed E-state index contributed by atoms with van der Waals surface area (Å²) in [6, 6.07) is 4.99. The molecule has 3 N–H and O–H groups in total. The van der Waals surface area contributed by atoms with Crippen molar-refractivity contribution in [2.24, 2.45) is 5.92 Å². The average Bonchev–Trinajstić information content (AvgIpc) is 3.51. The second-order valence-electron chi connectivity index (χ2n) is 8.16. The van der Waals surface area contributed by atoms with Crippen molar-refractivity contribution in [1.82, 2.24) is 20.1 Å². The largest absolute Gasteiger partial charge is 0.483 e. The number of hydrogen-bond donors (Lipinski definition) is 3. The van der Waals surface area contributed by atoms with E-state index < -0.39 is 0 Å². The smallest absolute Gasteiger partial charge is 0.317 e. The van der Waals surface area contributed by atoms with Crippen LogP contribution >= 0.6 is 0 Å². The number of carbonyl (C=O) groups excluding carboxylic acids is 1. The molecule has 0 aromatic carbocycles. The molecule has 1 unspecified atom stereocenters. The van der Waals surface area contributed by atoms with Crippen LogP contribution in [0.1, 0.15) is 32.1 Å². The van der Waals surface area contributed by atoms with Gasteiger partial charge in [0.2, 0.25) is 0 Å². The van der Waals surface area contributed by atoms with Gasteiger partial charge in [-0.05, 0) is 43.9 Å². The van der Waals surface area contributed by atoms with E-state index in [0.717, 1.165) is 38.8 Å². The normalized spacial score (nSPS) is 21.1. The lowest BCUT2D eigenvalue weighted by molar-refractivity contribution is -0.123. The molecule has 0 radical (unpaired) electrons. The summed E-state index contributed by atoms with van der Waals surface area (Å²) in [6.07, 6.45) is 10.4. The summed E-state index contributed by atoms with van der Waals surface area (Å²) in [6.45, 7) is 6.05. The number of nitrogens with one attached hydrogen (secondary N) is 1. The fraction of sp³-hybridized carbons (Fsp3) is 0.636. The molecule has 3 aliphatic rings. The number of hydrogen-bond acceptors (Lipinski definition) is 6. The van der Waals surface area contributed by atoms with Gasteiger partial charge in [0.1, 0.15) is 0 Å². The first-order valence-electron chi connectivity index (χ1n) is 11.2. The highest BCUT2D eigenvalue weighted by atomic mass is 16.3. The lowest BCUT2D eigenvalue weighted by atomic mass is 10.1. The lowest BCUT2D eigenvalue weighted by Crippen LogP contribution is -2.52. The van der Waals surface area contributed by atoms with Crippen LogP contribution in [0.15, 0.2) is 24.5 Å². The van der Waals surface area contributed by atoms with Crippen molar-refractivity contribution in [3.05, 3.63) is 24.5 Å². The topological polar surface area (TPSA) is 126 Å². The molecule has 1 aromatic heterocycles. The Bertz CT molecular complexity index is 673. The van der Waals surface area contributed by atoms with Crippen LogP contribution in [0.5, 0.6) is 0 Å². The van der Waals surface area contributed by atoms with Crippen LogP contribution in [-0.4, -0.2) is 95.8 Å². The van der Waals surface area contributed by atoms with Crippen molar-refractivity contribution in [3.63, 3.8) is 0 Å². The second kappa shape index (κ2) is 14.2. The van der Waals surface area contributed by atoms with Gasteiger partial charge < -0.3 is 30.2 Å². The van der Waals surface area contributed by atoms with Crippen molar-refractivity contribution in [1.29, 1.82) is 0 Å². The zero-order valence-electron chi connectivity index (χ0n) is 18.5. The Balaban J connectivity index is 0.000000547. The van der Waals surface area contributed by atoms with Gasteiger partial charge in [-0.15, -0.1) is 0 Å². The number of pyridine rings is 1. The molecule has 178 valence electrons. The van der Waals surface area contributed by atoms with Crippen LogP contribution in [0.3, 0.4) is 0 Å². The molecule has 10 nitrogen and oxygen atoms in total. The van der Waals surface area contributed by atoms with E-state index in [-0.39, 0.29) is 19.0 Å². The highest BCUT2D eigenvalue weighted by Gasteiger charge is 2.30. The quantitative estimate of drug-likeness (QED) is 0.592. The number of urea groups is 1. The zero-order chi connectivity index (χ0) is 23.2. The minimum atomic E-state index is -0.250. The Morgan fingerprint density at radius 2 is 1.59 bits per heavy atom. The summed E-state index contributed by atoms with van der Waals surface area (Å²) in [7, 11) is 0. The summed E-state index contributed by atoms with van der Waals surface area (Å²) in [5.41, 5.74) is 1.19. The van der Waals surface area contributed by atoms with Gasteiger partial charge in [0.15, 0.2) is 0 Å². The Morgan fingerprint density at radius 3 is 2.19 bits per heavy atom. The number of nitrogens with zero attached hydrogens (tertiary/aromatic N) is 4. The predicted molar refractivity (Wildman–Crippen MR) is 121 cm³/mol. The molecule has 10 heteroatoms. The standard InChI is InChI=1S/C20H31N5O.2CH2O2/c26-20(22-15-17-7-10-25(16-17)18-3-1-2-4-18)24-13-11-23(12-14-24)19-5-8-21-9-6-19;2*2-1-3/h5-6,8-9,17-18H,1-4,7,10-16H2,(H,22,26);2*1H,(H,2,3). The summed E-state index contributed by atoms with van der Waals surface area (Å²) in [5, 5.41) is 17.0. The molecular weight excluding hydrogens is 414 g/mol. The Hall–Kier alpha value is -2.88. The van der Waals surface area contributed by atoms with E-state index in [2.05, 4.69) is 20.1 Å². The third-order valence-electron chi connectivity index (χ3n) is 6.30. The average molecular weight is 450 g/mol. The molecule has 3 heterocycles. The Kier molecular flexibility index (Phi) is 11.3. The molecule has 32 heavy (non-hydrogen) atoms. The number of amides is 2. The number of anilines is 1. The number of likely N-dealkylation sites (tertiary alicyclic amines) is 1. The molecule has 3 fully saturated rings. The molecule has 0 bridgehead atoms. The van der Waals surface area contributed by atoms with Gasteiger partial charge in [0.05, 0.1) is 0 Å². The van der Waals surface area contributed by atoms with Crippen molar-refractivity contribution in [2.45, 2.75) is 38.1 Å². The summed E-state index contributed by atoms with van der Waals surface area (Å²) in [4.78, 5) is 40.2. The van der Waals surface area contributed by atoms with E-state index in [1.807, 2.05) is 29.4 Å². The van der Waals surface area contributed by atoms with E-state index in [1.165, 1.54) is 50.9 Å². The molecule has 2 amide bonds. The molecule has 2 saturated heterocycles. The minimum absolute atomic E-state index is 0.110. The van der Waals surface area contributed by atoms with Crippen LogP contribution < -0.4 is 10.2 Å². The maximum atomic E-state index is 12.5. The van der Waals surface area contributed by atoms with E-state index in [0.29, 0.717) is 5.92 Å². The van der Waals surface area contributed by atoms with E-state index in [1.54, 1.807) is 0 Å². The summed E-state index contributed by atoms with van der Waals surface area (Å²) < 4.78 is 0. The van der Waals surface area contributed by atoms with Crippen molar-refractivity contribution >= 4 is 24.7 Å². The fourth-order valence-corrected chi connectivity index (χ4v) is 4.70. The lowest BCUT2D eigenvalue weighted by Gasteiger charge is -2.36. The maximum absolute atomic E-state index is 12.5. The van der Waals surface area contributed by atoms with Crippen LogP contribution in [-0.2, 0) is 9.59 Å². The first-order valence-corrected chi connectivity index (χ1v) is 11.2. The maximum Gasteiger partial charge on any atom is 0.317 e. The molecule has 2 aliphatic heterocycles. The Labute approximate surface area is 189 Å². The van der Waals surface area contributed by atoms with Crippen molar-refractivity contribution < 1.29 is 24.6 Å². The van der Waals surface area contributed by atoms with Gasteiger partial charge in [-0.3, -0.25) is 14.6 Å². The summed E-state index contributed by atoms with van der Waals surface area (Å²) in [5.74, 6) is 0.623. The molecule has 4 rings (SSSR count). The third-order valence-corrected chi connectivity index (χ3v) is 6.30. The SMILES string of the molecule is O=C(NCC1CCN(C2CCCC2)C1)N1CCN(c2ccncc2)CC1.O=CO.O=CO. The monoisotopic (exact) mass is 449 g/mol. The summed E-state index contributed by atoms with van der Waals surface area (Å²) >= 11 is 0. The van der Waals surface area contributed by atoms with Gasteiger partial charge in [-0.2, -0.15) is 0 Å². The molecule has 1 atom stereocenters. The molecule has 1 aliphatic carbocycles. The minimum Gasteiger partial charge on any atom is -0.483 e. The number of carboxylic acid groups (broad SMARTS) is 2. The van der Waals surface area contributed by atoms with E-state index in [4.69, 9.17) is 19.8 Å². The van der Waals surface area contributed by atoms with Crippen LogP contribution in [0.2, 0.25) is 0 Å². The highest BCUT2D eigenvalue weighted by molar-refractivity contribution is 5.74. The molecular formula is C22H35N5O5. The Morgan fingerprint density at radius 1 is 1.00 bits per heavy atom. The molecule has 1 saturated carbocycles. The van der Waals surface area contributed by atoms with Crippen LogP contribution in [0, 0.1) is 5.92 Å². The van der Waals surface area contributed by atoms with Crippen LogP contribution in [0.4, 0.5) is 10.5 Å². The first-order chi connectivity index (χ1) is 15.6. The zero-order valence-corrected chi connectivity index (χ0v) is 18.5.